The lowest BCUT2D eigenvalue weighted by Crippen LogP contribution is -2.51. The smallest absolute Gasteiger partial charge is 0.240 e. The third-order valence-corrected chi connectivity index (χ3v) is 2.59. The third-order valence-electron chi connectivity index (χ3n) is 2.59. The second-order valence-electron chi connectivity index (χ2n) is 5.93. The van der Waals surface area contributed by atoms with Gasteiger partial charge in [0.05, 0.1) is 18.5 Å². The van der Waals surface area contributed by atoms with Crippen molar-refractivity contribution in [2.24, 2.45) is 17.1 Å². The summed E-state index contributed by atoms with van der Waals surface area (Å²) >= 11 is 0. The second-order valence-corrected chi connectivity index (χ2v) is 5.93. The maximum absolute atomic E-state index is 12.2. The van der Waals surface area contributed by atoms with E-state index in [1.165, 1.54) is 0 Å². The fourth-order valence-electron chi connectivity index (χ4n) is 1.48. The molecule has 0 saturated carbocycles. The number of nitrogens with zero attached hydrogens (tertiary/aromatic N) is 2. The lowest BCUT2D eigenvalue weighted by Gasteiger charge is -2.32. The van der Waals surface area contributed by atoms with Crippen molar-refractivity contribution in [3.63, 3.8) is 0 Å². The summed E-state index contributed by atoms with van der Waals surface area (Å²) in [6.07, 6.45) is 0.356. The number of nitriles is 1. The van der Waals surface area contributed by atoms with E-state index in [4.69, 9.17) is 11.0 Å². The van der Waals surface area contributed by atoms with Gasteiger partial charge in [-0.15, -0.1) is 0 Å². The number of nitrogens with two attached hydrogens (primary N) is 1. The zero-order valence-electron chi connectivity index (χ0n) is 11.7. The van der Waals surface area contributed by atoms with Crippen LogP contribution in [0.25, 0.3) is 0 Å². The Kier molecular flexibility index (Phi) is 6.19. The lowest BCUT2D eigenvalue weighted by molar-refractivity contribution is -0.135. The quantitative estimate of drug-likeness (QED) is 0.794. The highest BCUT2D eigenvalue weighted by Crippen LogP contribution is 2.19. The molecule has 0 bridgehead atoms. The molecule has 0 aromatic carbocycles. The van der Waals surface area contributed by atoms with E-state index >= 15 is 0 Å². The first-order chi connectivity index (χ1) is 7.70. The molecule has 0 saturated heterocycles. The van der Waals surface area contributed by atoms with E-state index in [0.717, 1.165) is 0 Å². The van der Waals surface area contributed by atoms with Crippen LogP contribution < -0.4 is 5.73 Å². The molecule has 0 aromatic rings. The molecule has 0 aliphatic rings. The Morgan fingerprint density at radius 2 is 1.94 bits per heavy atom. The van der Waals surface area contributed by atoms with Gasteiger partial charge >= 0.3 is 0 Å². The average molecular weight is 239 g/mol. The van der Waals surface area contributed by atoms with E-state index in [1.807, 2.05) is 20.8 Å². The molecule has 0 aromatic heterocycles. The van der Waals surface area contributed by atoms with Gasteiger partial charge in [-0.1, -0.05) is 34.6 Å². The molecule has 17 heavy (non-hydrogen) atoms. The van der Waals surface area contributed by atoms with Crippen LogP contribution in [-0.4, -0.2) is 29.9 Å². The van der Waals surface area contributed by atoms with Crippen molar-refractivity contribution in [1.29, 1.82) is 5.26 Å². The first-order valence-electron chi connectivity index (χ1n) is 6.11. The van der Waals surface area contributed by atoms with Crippen LogP contribution in [0.2, 0.25) is 0 Å². The Balaban J connectivity index is 4.68. The van der Waals surface area contributed by atoms with Crippen molar-refractivity contribution >= 4 is 5.91 Å². The molecule has 0 fully saturated rings. The van der Waals surface area contributed by atoms with Crippen molar-refractivity contribution in [3.05, 3.63) is 0 Å². The van der Waals surface area contributed by atoms with Crippen molar-refractivity contribution in [2.75, 3.05) is 13.1 Å². The SMILES string of the molecule is CC(C)CN(CCC#N)C(=O)C(N)C(C)(C)C. The average Bonchev–Trinajstić information content (AvgIpc) is 2.20. The van der Waals surface area contributed by atoms with Gasteiger partial charge in [0, 0.05) is 13.1 Å². The van der Waals surface area contributed by atoms with Gasteiger partial charge in [0.2, 0.25) is 5.91 Å². The van der Waals surface area contributed by atoms with Crippen LogP contribution in [0.5, 0.6) is 0 Å². The molecule has 0 heterocycles. The van der Waals surface area contributed by atoms with Gasteiger partial charge in [-0.05, 0) is 11.3 Å². The number of hydrogen-bond acceptors (Lipinski definition) is 3. The molecular weight excluding hydrogens is 214 g/mol. The zero-order chi connectivity index (χ0) is 13.6. The van der Waals surface area contributed by atoms with Crippen LogP contribution in [-0.2, 0) is 4.79 Å². The third kappa shape index (κ3) is 5.69. The summed E-state index contributed by atoms with van der Waals surface area (Å²) in [5.74, 6) is 0.325. The van der Waals surface area contributed by atoms with Gasteiger partial charge in [-0.3, -0.25) is 4.79 Å². The fourth-order valence-corrected chi connectivity index (χ4v) is 1.48. The van der Waals surface area contributed by atoms with E-state index in [2.05, 4.69) is 19.9 Å². The minimum absolute atomic E-state index is 0.0542. The number of hydrogen-bond donors (Lipinski definition) is 1. The lowest BCUT2D eigenvalue weighted by atomic mass is 9.86. The zero-order valence-corrected chi connectivity index (χ0v) is 11.7. The molecule has 4 nitrogen and oxygen atoms in total. The molecule has 0 radical (unpaired) electrons. The minimum atomic E-state index is -0.514. The maximum atomic E-state index is 12.2. The molecule has 0 spiro atoms. The number of carbonyl (C=O) groups is 1. The van der Waals surface area contributed by atoms with Crippen molar-refractivity contribution in [2.45, 2.75) is 47.1 Å². The highest BCUT2D eigenvalue weighted by molar-refractivity contribution is 5.82. The standard InChI is InChI=1S/C13H25N3O/c1-10(2)9-16(8-6-7-14)12(17)11(15)13(3,4)5/h10-11H,6,8-9,15H2,1-5H3. The van der Waals surface area contributed by atoms with Crippen LogP contribution in [0.15, 0.2) is 0 Å². The molecule has 0 aliphatic carbocycles. The van der Waals surface area contributed by atoms with Gasteiger partial charge in [-0.25, -0.2) is 0 Å². The number of amides is 1. The Labute approximate surface area is 105 Å². The Hall–Kier alpha value is -1.08. The summed E-state index contributed by atoms with van der Waals surface area (Å²) in [6.45, 7) is 11.1. The first-order valence-corrected chi connectivity index (χ1v) is 6.11. The summed E-state index contributed by atoms with van der Waals surface area (Å²) in [6, 6.07) is 1.56. The largest absolute Gasteiger partial charge is 0.340 e. The predicted molar refractivity (Wildman–Crippen MR) is 69.1 cm³/mol. The van der Waals surface area contributed by atoms with Gasteiger partial charge < -0.3 is 10.6 Å². The monoisotopic (exact) mass is 239 g/mol. The first kappa shape index (κ1) is 15.9. The Bertz CT molecular complexity index is 286. The molecule has 98 valence electrons. The highest BCUT2D eigenvalue weighted by atomic mass is 16.2. The van der Waals surface area contributed by atoms with Gasteiger partial charge in [0.1, 0.15) is 0 Å². The minimum Gasteiger partial charge on any atom is -0.340 e. The number of carbonyl (C=O) groups excluding carboxylic acids is 1. The van der Waals surface area contributed by atoms with Crippen LogP contribution >= 0.6 is 0 Å². The summed E-state index contributed by atoms with van der Waals surface area (Å²) in [5.41, 5.74) is 5.72. The van der Waals surface area contributed by atoms with Crippen LogP contribution in [0.4, 0.5) is 0 Å². The predicted octanol–water partition coefficient (Wildman–Crippen LogP) is 1.76. The van der Waals surface area contributed by atoms with Gasteiger partial charge in [0.25, 0.3) is 0 Å². The topological polar surface area (TPSA) is 70.1 Å². The molecule has 4 heteroatoms. The second kappa shape index (κ2) is 6.61. The summed E-state index contributed by atoms with van der Waals surface area (Å²) in [4.78, 5) is 13.9. The highest BCUT2D eigenvalue weighted by Gasteiger charge is 2.31. The Morgan fingerprint density at radius 1 is 1.41 bits per heavy atom. The molecule has 1 amide bonds. The van der Waals surface area contributed by atoms with E-state index in [9.17, 15) is 4.79 Å². The molecule has 0 rings (SSSR count). The molecule has 2 N–H and O–H groups in total. The van der Waals surface area contributed by atoms with Gasteiger partial charge in [0.15, 0.2) is 0 Å². The van der Waals surface area contributed by atoms with Crippen molar-refractivity contribution < 1.29 is 4.79 Å². The van der Waals surface area contributed by atoms with Crippen molar-refractivity contribution in [3.8, 4) is 6.07 Å². The number of rotatable bonds is 5. The van der Waals surface area contributed by atoms with Gasteiger partial charge in [-0.2, -0.15) is 5.26 Å². The fraction of sp³-hybridized carbons (Fsp3) is 0.846. The Morgan fingerprint density at radius 3 is 2.29 bits per heavy atom. The van der Waals surface area contributed by atoms with Crippen LogP contribution in [0.3, 0.4) is 0 Å². The maximum Gasteiger partial charge on any atom is 0.240 e. The molecule has 1 unspecified atom stereocenters. The normalized spacial score (nSPS) is 13.3. The van der Waals surface area contributed by atoms with E-state index in [1.54, 1.807) is 4.90 Å². The van der Waals surface area contributed by atoms with Crippen LogP contribution in [0, 0.1) is 22.7 Å². The van der Waals surface area contributed by atoms with E-state index in [0.29, 0.717) is 25.4 Å². The molecule has 0 aliphatic heterocycles. The summed E-state index contributed by atoms with van der Waals surface area (Å²) < 4.78 is 0. The molecule has 1 atom stereocenters. The summed E-state index contributed by atoms with van der Waals surface area (Å²) in [7, 11) is 0. The van der Waals surface area contributed by atoms with Crippen LogP contribution in [0.1, 0.15) is 41.0 Å². The van der Waals surface area contributed by atoms with E-state index in [-0.39, 0.29) is 11.3 Å². The van der Waals surface area contributed by atoms with E-state index < -0.39 is 6.04 Å². The molecular formula is C13H25N3O. The summed E-state index contributed by atoms with van der Waals surface area (Å²) in [5, 5.41) is 8.61. The van der Waals surface area contributed by atoms with Crippen molar-refractivity contribution in [1.82, 2.24) is 4.90 Å².